The second-order valence-electron chi connectivity index (χ2n) is 2.49. The maximum absolute atomic E-state index is 8.29. The largest absolute Gasteiger partial charge is 0.352 e. The van der Waals surface area contributed by atoms with E-state index in [-0.39, 0.29) is 11.5 Å². The van der Waals surface area contributed by atoms with Crippen molar-refractivity contribution < 1.29 is 9.47 Å². The average Bonchev–Trinajstić information content (AvgIpc) is 2.24. The first-order chi connectivity index (χ1) is 7.29. The van der Waals surface area contributed by atoms with Crippen molar-refractivity contribution in [1.82, 2.24) is 0 Å². The molecule has 5 nitrogen and oxygen atoms in total. The van der Waals surface area contributed by atoms with Crippen LogP contribution in [0.2, 0.25) is 0 Å². The molecule has 0 aliphatic heterocycles. The minimum atomic E-state index is -0.303. The second-order valence-corrected chi connectivity index (χ2v) is 5.20. The lowest BCUT2D eigenvalue weighted by molar-refractivity contribution is -0.133. The fraction of sp³-hybridized carbons (Fsp3) is 1.00. The Bertz CT molecular complexity index is 194. The molecule has 0 aromatic rings. The van der Waals surface area contributed by atoms with Gasteiger partial charge in [-0.05, 0) is 25.6 Å². The van der Waals surface area contributed by atoms with E-state index in [9.17, 15) is 0 Å². The van der Waals surface area contributed by atoms with Crippen LogP contribution in [0.5, 0.6) is 0 Å². The number of azide groups is 1. The van der Waals surface area contributed by atoms with Crippen LogP contribution in [-0.2, 0) is 9.47 Å². The molecule has 0 radical (unpaired) electrons. The Morgan fingerprint density at radius 3 is 2.33 bits per heavy atom. The van der Waals surface area contributed by atoms with Crippen LogP contribution >= 0.6 is 21.6 Å². The number of hydrogen-bond acceptors (Lipinski definition) is 5. The Kier molecular flexibility index (Phi) is 10.4. The summed E-state index contributed by atoms with van der Waals surface area (Å²) in [7, 11) is 3.22. The van der Waals surface area contributed by atoms with Crippen molar-refractivity contribution in [3.05, 3.63) is 10.4 Å². The summed E-state index contributed by atoms with van der Waals surface area (Å²) in [6.07, 6.45) is 1.67. The minimum absolute atomic E-state index is 0.0378. The third kappa shape index (κ3) is 6.92. The zero-order valence-electron chi connectivity index (χ0n) is 9.25. The predicted octanol–water partition coefficient (Wildman–Crippen LogP) is 3.08. The van der Waals surface area contributed by atoms with Gasteiger partial charge in [-0.1, -0.05) is 26.7 Å². The fourth-order valence-electron chi connectivity index (χ4n) is 0.994. The quantitative estimate of drug-likeness (QED) is 0.208. The molecule has 0 aromatic carbocycles. The molecule has 0 aromatic heterocycles. The van der Waals surface area contributed by atoms with E-state index in [0.717, 1.165) is 0 Å². The lowest BCUT2D eigenvalue weighted by atomic mass is 10.4. The first-order valence-corrected chi connectivity index (χ1v) is 7.35. The maximum atomic E-state index is 8.29. The van der Waals surface area contributed by atoms with Crippen molar-refractivity contribution in [1.29, 1.82) is 0 Å². The van der Waals surface area contributed by atoms with Crippen LogP contribution in [0.1, 0.15) is 13.8 Å². The summed E-state index contributed by atoms with van der Waals surface area (Å²) in [5, 5.41) is 3.60. The number of ether oxygens (including phenoxy) is 2. The first kappa shape index (κ1) is 14.9. The topological polar surface area (TPSA) is 67.2 Å². The molecule has 0 bridgehead atoms. The molecule has 0 saturated carbocycles. The van der Waals surface area contributed by atoms with Crippen LogP contribution in [0, 0.1) is 0 Å². The Labute approximate surface area is 98.3 Å². The molecule has 1 unspecified atom stereocenters. The highest BCUT2D eigenvalue weighted by Gasteiger charge is 2.22. The Balaban J connectivity index is 4.27. The van der Waals surface area contributed by atoms with Gasteiger partial charge >= 0.3 is 0 Å². The fourth-order valence-corrected chi connectivity index (χ4v) is 2.81. The zero-order chi connectivity index (χ0) is 11.5. The van der Waals surface area contributed by atoms with Crippen molar-refractivity contribution in [2.24, 2.45) is 5.11 Å². The van der Waals surface area contributed by atoms with Gasteiger partial charge in [0.1, 0.15) is 0 Å². The first-order valence-electron chi connectivity index (χ1n) is 4.73. The van der Waals surface area contributed by atoms with Crippen molar-refractivity contribution in [2.75, 3.05) is 26.0 Å². The van der Waals surface area contributed by atoms with Crippen LogP contribution in [-0.4, -0.2) is 37.6 Å². The summed E-state index contributed by atoms with van der Waals surface area (Å²) < 4.78 is 10.9. The van der Waals surface area contributed by atoms with Gasteiger partial charge in [-0.15, -0.1) is 0 Å². The molecule has 0 N–H and O–H groups in total. The minimum Gasteiger partial charge on any atom is -0.352 e. The molecular weight excluding hydrogens is 234 g/mol. The van der Waals surface area contributed by atoms with Crippen molar-refractivity contribution in [3.63, 3.8) is 0 Å². The summed E-state index contributed by atoms with van der Waals surface area (Å²) in [4.78, 5) is 2.75. The zero-order valence-corrected chi connectivity index (χ0v) is 10.9. The van der Waals surface area contributed by atoms with Gasteiger partial charge in [0, 0.05) is 24.7 Å². The van der Waals surface area contributed by atoms with Crippen LogP contribution < -0.4 is 0 Å². The monoisotopic (exact) mass is 251 g/mol. The molecule has 88 valence electrons. The summed E-state index contributed by atoms with van der Waals surface area (Å²) in [5.74, 6) is 0. The molecule has 0 rings (SSSR count). The third-order valence-electron chi connectivity index (χ3n) is 1.51. The highest BCUT2D eigenvalue weighted by molar-refractivity contribution is 8.76. The van der Waals surface area contributed by atoms with Crippen LogP contribution in [0.15, 0.2) is 5.11 Å². The lowest BCUT2D eigenvalue weighted by Gasteiger charge is -2.24. The summed E-state index contributed by atoms with van der Waals surface area (Å²) >= 11 is 0. The van der Waals surface area contributed by atoms with Crippen molar-refractivity contribution in [2.45, 2.75) is 25.4 Å². The van der Waals surface area contributed by atoms with Gasteiger partial charge in [-0.3, -0.25) is 0 Å². The van der Waals surface area contributed by atoms with Gasteiger partial charge in [-0.2, -0.15) is 0 Å². The molecule has 0 saturated heterocycles. The van der Waals surface area contributed by atoms with E-state index in [1.807, 2.05) is 20.1 Å². The highest BCUT2D eigenvalue weighted by Crippen LogP contribution is 2.28. The van der Waals surface area contributed by atoms with Gasteiger partial charge in [0.2, 0.25) is 0 Å². The summed E-state index contributed by atoms with van der Waals surface area (Å²) in [6, 6.07) is 0. The predicted molar refractivity (Wildman–Crippen MR) is 65.9 cm³/mol. The normalized spacial score (nSPS) is 12.5. The number of nitrogens with zero attached hydrogens (tertiary/aromatic N) is 3. The summed E-state index contributed by atoms with van der Waals surface area (Å²) in [6.45, 7) is 5.40. The van der Waals surface area contributed by atoms with Crippen LogP contribution in [0.4, 0.5) is 0 Å². The number of rotatable bonds is 9. The lowest BCUT2D eigenvalue weighted by Crippen LogP contribution is -2.31. The van der Waals surface area contributed by atoms with E-state index in [0.29, 0.717) is 19.8 Å². The van der Waals surface area contributed by atoms with Crippen LogP contribution in [0.3, 0.4) is 0 Å². The Hall–Kier alpha value is -0.0700. The van der Waals surface area contributed by atoms with Gasteiger partial charge < -0.3 is 9.47 Å². The van der Waals surface area contributed by atoms with Gasteiger partial charge in [-0.25, -0.2) is 0 Å². The van der Waals surface area contributed by atoms with Gasteiger partial charge in [0.05, 0.1) is 5.25 Å². The standard InChI is InChI=1S/C8H17N3O2S2/c1-4-12-8(13-5-2)7(15-14-3)6-10-11-9/h7-8H,4-6H2,1-3H3. The molecule has 0 spiro atoms. The van der Waals surface area contributed by atoms with E-state index in [1.54, 1.807) is 21.6 Å². The molecule has 0 aliphatic rings. The van der Waals surface area contributed by atoms with E-state index < -0.39 is 0 Å². The molecule has 0 heterocycles. The summed E-state index contributed by atoms with van der Waals surface area (Å²) in [5.41, 5.74) is 8.29. The molecule has 15 heavy (non-hydrogen) atoms. The third-order valence-corrected chi connectivity index (χ3v) is 3.64. The van der Waals surface area contributed by atoms with E-state index in [1.165, 1.54) is 0 Å². The second kappa shape index (κ2) is 10.4. The molecule has 0 amide bonds. The van der Waals surface area contributed by atoms with E-state index in [4.69, 9.17) is 15.0 Å². The van der Waals surface area contributed by atoms with Gasteiger partial charge in [0.25, 0.3) is 0 Å². The van der Waals surface area contributed by atoms with E-state index in [2.05, 4.69) is 10.0 Å². The molecular formula is C8H17N3O2S2. The number of hydrogen-bond donors (Lipinski definition) is 0. The Morgan fingerprint density at radius 1 is 1.33 bits per heavy atom. The average molecular weight is 251 g/mol. The molecule has 1 atom stereocenters. The highest BCUT2D eigenvalue weighted by atomic mass is 33.1. The molecule has 0 aliphatic carbocycles. The van der Waals surface area contributed by atoms with E-state index >= 15 is 0 Å². The molecule has 7 heteroatoms. The maximum Gasteiger partial charge on any atom is 0.170 e. The van der Waals surface area contributed by atoms with Crippen molar-refractivity contribution in [3.8, 4) is 0 Å². The Morgan fingerprint density at radius 2 is 1.93 bits per heavy atom. The van der Waals surface area contributed by atoms with Crippen LogP contribution in [0.25, 0.3) is 10.4 Å². The van der Waals surface area contributed by atoms with Crippen molar-refractivity contribution >= 4 is 21.6 Å². The SMILES string of the molecule is CCOC(OCC)C(CN=[N+]=[N-])SSC. The smallest absolute Gasteiger partial charge is 0.170 e. The molecule has 0 fully saturated rings. The van der Waals surface area contributed by atoms with Gasteiger partial charge in [0.15, 0.2) is 6.29 Å².